The number of aliphatic carboxylic acids is 1. The molecule has 2 amide bonds. The van der Waals surface area contributed by atoms with E-state index >= 15 is 0 Å². The third-order valence-corrected chi connectivity index (χ3v) is 5.96. The highest BCUT2D eigenvalue weighted by atomic mass is 16.5. The molecule has 0 fully saturated rings. The van der Waals surface area contributed by atoms with Crippen molar-refractivity contribution < 1.29 is 24.2 Å². The second-order valence-electron chi connectivity index (χ2n) is 8.75. The minimum absolute atomic E-state index is 0.140. The van der Waals surface area contributed by atoms with Gasteiger partial charge in [-0.1, -0.05) is 36.4 Å². The number of aromatic nitrogens is 1. The van der Waals surface area contributed by atoms with Gasteiger partial charge >= 0.3 is 5.97 Å². The van der Waals surface area contributed by atoms with E-state index in [-0.39, 0.29) is 24.6 Å². The number of pyridine rings is 1. The van der Waals surface area contributed by atoms with E-state index in [1.165, 1.54) is 13.2 Å². The van der Waals surface area contributed by atoms with Crippen LogP contribution in [0.1, 0.15) is 37.5 Å². The van der Waals surface area contributed by atoms with Crippen LogP contribution in [-0.4, -0.2) is 34.9 Å². The number of carboxylic acids is 1. The Morgan fingerprint density at radius 3 is 2.49 bits per heavy atom. The van der Waals surface area contributed by atoms with Gasteiger partial charge in [0.15, 0.2) is 0 Å². The molecule has 4 aromatic rings. The van der Waals surface area contributed by atoms with Gasteiger partial charge in [-0.05, 0) is 70.3 Å². The van der Waals surface area contributed by atoms with Crippen LogP contribution in [0.3, 0.4) is 0 Å². The average molecular weight is 525 g/mol. The number of carbonyl (C=O) groups is 3. The Kier molecular flexibility index (Phi) is 8.65. The van der Waals surface area contributed by atoms with Gasteiger partial charge in [0.1, 0.15) is 18.1 Å². The largest absolute Gasteiger partial charge is 0.489 e. The topological polar surface area (TPSA) is 144 Å². The summed E-state index contributed by atoms with van der Waals surface area (Å²) in [5.74, 6) is -1.28. The lowest BCUT2D eigenvalue weighted by atomic mass is 10.00. The van der Waals surface area contributed by atoms with E-state index in [0.29, 0.717) is 29.1 Å². The summed E-state index contributed by atoms with van der Waals surface area (Å²) in [5.41, 5.74) is 10.6. The zero-order chi connectivity index (χ0) is 27.8. The van der Waals surface area contributed by atoms with E-state index in [2.05, 4.69) is 15.6 Å². The Hall–Kier alpha value is -5.02. The second kappa shape index (κ2) is 12.5. The summed E-state index contributed by atoms with van der Waals surface area (Å²) in [6.45, 7) is 0.509. The molecule has 0 atom stereocenters. The van der Waals surface area contributed by atoms with Gasteiger partial charge in [0.05, 0.1) is 6.42 Å². The molecule has 0 radical (unpaired) electrons. The summed E-state index contributed by atoms with van der Waals surface area (Å²) in [5, 5.41) is 14.6. The van der Waals surface area contributed by atoms with Crippen LogP contribution in [0.2, 0.25) is 0 Å². The SMILES string of the molecule is CNC(=O)c1cc(COc2cc(C(=O)Nc3ccccc3CC(=O)O)cc(-c3cccc(CN)c3)c2)ccn1. The first-order valence-corrected chi connectivity index (χ1v) is 12.2. The van der Waals surface area contributed by atoms with Crippen molar-refractivity contribution in [3.05, 3.63) is 113 Å². The molecule has 0 saturated heterocycles. The van der Waals surface area contributed by atoms with Crippen LogP contribution in [0.25, 0.3) is 11.1 Å². The number of ether oxygens (including phenoxy) is 1. The maximum atomic E-state index is 13.4. The average Bonchev–Trinajstić information content (AvgIpc) is 2.96. The number of amides is 2. The van der Waals surface area contributed by atoms with Crippen LogP contribution < -0.4 is 21.1 Å². The van der Waals surface area contributed by atoms with Gasteiger partial charge in [-0.3, -0.25) is 19.4 Å². The monoisotopic (exact) mass is 524 g/mol. The maximum Gasteiger partial charge on any atom is 0.307 e. The van der Waals surface area contributed by atoms with Gasteiger partial charge in [-0.15, -0.1) is 0 Å². The summed E-state index contributed by atoms with van der Waals surface area (Å²) < 4.78 is 6.05. The molecule has 0 saturated carbocycles. The quantitative estimate of drug-likeness (QED) is 0.245. The van der Waals surface area contributed by atoms with Crippen LogP contribution in [0.15, 0.2) is 85.1 Å². The molecule has 9 heteroatoms. The normalized spacial score (nSPS) is 10.5. The van der Waals surface area contributed by atoms with Gasteiger partial charge < -0.3 is 26.2 Å². The number of benzene rings is 3. The van der Waals surface area contributed by atoms with Gasteiger partial charge in [0.2, 0.25) is 0 Å². The number of carbonyl (C=O) groups excluding carboxylic acids is 2. The van der Waals surface area contributed by atoms with Crippen LogP contribution in [-0.2, 0) is 24.4 Å². The number of hydrogen-bond acceptors (Lipinski definition) is 6. The predicted molar refractivity (Wildman–Crippen MR) is 147 cm³/mol. The Balaban J connectivity index is 1.66. The maximum absolute atomic E-state index is 13.4. The smallest absolute Gasteiger partial charge is 0.307 e. The zero-order valence-corrected chi connectivity index (χ0v) is 21.3. The summed E-state index contributed by atoms with van der Waals surface area (Å²) in [6.07, 6.45) is 1.31. The molecule has 0 bridgehead atoms. The minimum atomic E-state index is -0.996. The number of nitrogens with one attached hydrogen (secondary N) is 2. The van der Waals surface area contributed by atoms with E-state index in [1.54, 1.807) is 48.5 Å². The zero-order valence-electron chi connectivity index (χ0n) is 21.3. The fourth-order valence-electron chi connectivity index (χ4n) is 3.99. The van der Waals surface area contributed by atoms with E-state index < -0.39 is 11.9 Å². The summed E-state index contributed by atoms with van der Waals surface area (Å²) in [6, 6.07) is 23.0. The fourth-order valence-corrected chi connectivity index (χ4v) is 3.99. The number of carboxylic acid groups (broad SMARTS) is 1. The molecular weight excluding hydrogens is 496 g/mol. The Morgan fingerprint density at radius 1 is 0.897 bits per heavy atom. The van der Waals surface area contributed by atoms with Crippen molar-refractivity contribution in [2.75, 3.05) is 12.4 Å². The van der Waals surface area contributed by atoms with Gasteiger partial charge in [0.25, 0.3) is 11.8 Å². The van der Waals surface area contributed by atoms with Crippen molar-refractivity contribution in [2.45, 2.75) is 19.6 Å². The molecule has 0 aliphatic carbocycles. The molecule has 0 aliphatic heterocycles. The van der Waals surface area contributed by atoms with Gasteiger partial charge in [-0.2, -0.15) is 0 Å². The number of nitrogens with two attached hydrogens (primary N) is 1. The third-order valence-electron chi connectivity index (χ3n) is 5.96. The van der Waals surface area contributed by atoms with E-state index in [4.69, 9.17) is 10.5 Å². The summed E-state index contributed by atoms with van der Waals surface area (Å²) >= 11 is 0. The summed E-state index contributed by atoms with van der Waals surface area (Å²) in [4.78, 5) is 40.6. The lowest BCUT2D eigenvalue weighted by Gasteiger charge is -2.14. The molecule has 0 spiro atoms. The van der Waals surface area contributed by atoms with Gasteiger partial charge in [0, 0.05) is 31.0 Å². The van der Waals surface area contributed by atoms with Crippen molar-refractivity contribution in [3.63, 3.8) is 0 Å². The fraction of sp³-hybridized carbons (Fsp3) is 0.133. The second-order valence-corrected chi connectivity index (χ2v) is 8.75. The molecule has 39 heavy (non-hydrogen) atoms. The highest BCUT2D eigenvalue weighted by Crippen LogP contribution is 2.28. The van der Waals surface area contributed by atoms with Gasteiger partial charge in [-0.25, -0.2) is 0 Å². The molecule has 4 rings (SSSR count). The molecular formula is C30H28N4O5. The Morgan fingerprint density at radius 2 is 1.72 bits per heavy atom. The first kappa shape index (κ1) is 27.0. The number of anilines is 1. The lowest BCUT2D eigenvalue weighted by Crippen LogP contribution is -2.19. The van der Waals surface area contributed by atoms with Crippen molar-refractivity contribution in [1.82, 2.24) is 10.3 Å². The molecule has 1 heterocycles. The summed E-state index contributed by atoms with van der Waals surface area (Å²) in [7, 11) is 1.53. The number of hydrogen-bond donors (Lipinski definition) is 4. The van der Waals surface area contributed by atoms with Crippen LogP contribution in [0.5, 0.6) is 5.75 Å². The number of para-hydroxylation sites is 1. The molecule has 0 aliphatic rings. The van der Waals surface area contributed by atoms with E-state index in [9.17, 15) is 19.5 Å². The molecule has 198 valence electrons. The van der Waals surface area contributed by atoms with E-state index in [1.807, 2.05) is 30.3 Å². The molecule has 5 N–H and O–H groups in total. The predicted octanol–water partition coefficient (Wildman–Crippen LogP) is 4.03. The lowest BCUT2D eigenvalue weighted by molar-refractivity contribution is -0.136. The van der Waals surface area contributed by atoms with Crippen LogP contribution >= 0.6 is 0 Å². The number of nitrogens with zero attached hydrogens (tertiary/aromatic N) is 1. The van der Waals surface area contributed by atoms with Crippen molar-refractivity contribution in [1.29, 1.82) is 0 Å². The standard InChI is InChI=1S/C30H28N4O5/c1-32-30(38)27-12-20(9-10-33-27)18-39-25-14-23(21-7-4-5-19(11-21)17-31)13-24(15-25)29(37)34-26-8-3-2-6-22(26)16-28(35)36/h2-15H,16-18,31H2,1H3,(H,32,38)(H,34,37)(H,35,36). The van der Waals surface area contributed by atoms with Crippen molar-refractivity contribution >= 4 is 23.5 Å². The Labute approximate surface area is 225 Å². The molecule has 9 nitrogen and oxygen atoms in total. The first-order chi connectivity index (χ1) is 18.9. The highest BCUT2D eigenvalue weighted by molar-refractivity contribution is 6.06. The van der Waals surface area contributed by atoms with E-state index in [0.717, 1.165) is 22.3 Å². The highest BCUT2D eigenvalue weighted by Gasteiger charge is 2.15. The van der Waals surface area contributed by atoms with Crippen LogP contribution in [0, 0.1) is 0 Å². The Bertz CT molecular complexity index is 1520. The minimum Gasteiger partial charge on any atom is -0.489 e. The molecule has 3 aromatic carbocycles. The van der Waals surface area contributed by atoms with Crippen molar-refractivity contribution in [3.8, 4) is 16.9 Å². The number of rotatable bonds is 10. The molecule has 0 unspecified atom stereocenters. The first-order valence-electron chi connectivity index (χ1n) is 12.2. The van der Waals surface area contributed by atoms with Crippen LogP contribution in [0.4, 0.5) is 5.69 Å². The third kappa shape index (κ3) is 7.06. The molecule has 1 aromatic heterocycles. The van der Waals surface area contributed by atoms with Crippen molar-refractivity contribution in [2.24, 2.45) is 5.73 Å².